The Balaban J connectivity index is 0.00000272. The number of aliphatic imine (C=N–C) groups is 1. The van der Waals surface area contributed by atoms with Gasteiger partial charge in [0.15, 0.2) is 5.96 Å². The van der Waals surface area contributed by atoms with Crippen molar-refractivity contribution in [2.45, 2.75) is 51.2 Å². The minimum atomic E-state index is 0. The highest BCUT2D eigenvalue weighted by Crippen LogP contribution is 2.27. The van der Waals surface area contributed by atoms with Gasteiger partial charge in [-0.1, -0.05) is 37.1 Å². The first kappa shape index (κ1) is 23.6. The molecule has 2 N–H and O–H groups in total. The zero-order valence-electron chi connectivity index (χ0n) is 18.2. The van der Waals surface area contributed by atoms with E-state index < -0.39 is 0 Å². The standard InChI is InChI=1S/C23H32N6O.HI/c1-24-23(27-21-11-14-28(17-21)22(30)18-7-2-3-8-18)25-15-19-9-4-5-10-20(19)16-29-13-6-12-26-29;/h4-6,9-10,12-13,18,21H,2-3,7-8,11,14-17H2,1H3,(H2,24,25,27);1H. The van der Waals surface area contributed by atoms with E-state index in [-0.39, 0.29) is 35.9 Å². The Bertz CT molecular complexity index is 863. The van der Waals surface area contributed by atoms with Crippen LogP contribution in [0.15, 0.2) is 47.7 Å². The Morgan fingerprint density at radius 3 is 2.65 bits per heavy atom. The van der Waals surface area contributed by atoms with Crippen molar-refractivity contribution in [3.8, 4) is 0 Å². The number of rotatable bonds is 6. The Labute approximate surface area is 201 Å². The van der Waals surface area contributed by atoms with E-state index in [1.54, 1.807) is 13.2 Å². The van der Waals surface area contributed by atoms with Crippen LogP contribution in [0.25, 0.3) is 0 Å². The van der Waals surface area contributed by atoms with E-state index in [1.807, 2.05) is 21.8 Å². The number of hydrogen-bond acceptors (Lipinski definition) is 3. The van der Waals surface area contributed by atoms with E-state index in [9.17, 15) is 4.79 Å². The Kier molecular flexibility index (Phi) is 8.74. The van der Waals surface area contributed by atoms with E-state index in [0.717, 1.165) is 44.9 Å². The van der Waals surface area contributed by atoms with Crippen LogP contribution in [0, 0.1) is 5.92 Å². The zero-order chi connectivity index (χ0) is 20.8. The van der Waals surface area contributed by atoms with Gasteiger partial charge in [0.1, 0.15) is 0 Å². The lowest BCUT2D eigenvalue weighted by Gasteiger charge is -2.21. The second kappa shape index (κ2) is 11.5. The van der Waals surface area contributed by atoms with Crippen molar-refractivity contribution in [3.63, 3.8) is 0 Å². The summed E-state index contributed by atoms with van der Waals surface area (Å²) in [6.45, 7) is 3.05. The molecule has 7 nitrogen and oxygen atoms in total. The lowest BCUT2D eigenvalue weighted by atomic mass is 10.1. The molecule has 0 spiro atoms. The molecule has 2 aliphatic rings. The predicted octanol–water partition coefficient (Wildman–Crippen LogP) is 3.01. The van der Waals surface area contributed by atoms with E-state index in [2.05, 4.69) is 45.0 Å². The molecule has 1 saturated heterocycles. The fourth-order valence-corrected chi connectivity index (χ4v) is 4.53. The van der Waals surface area contributed by atoms with Gasteiger partial charge < -0.3 is 15.5 Å². The summed E-state index contributed by atoms with van der Waals surface area (Å²) in [6, 6.07) is 10.6. The van der Waals surface area contributed by atoms with Crippen LogP contribution in [0.2, 0.25) is 0 Å². The molecular weight excluding hydrogens is 503 g/mol. The lowest BCUT2D eigenvalue weighted by molar-refractivity contribution is -0.134. The molecule has 1 aromatic heterocycles. The van der Waals surface area contributed by atoms with Gasteiger partial charge in [0.2, 0.25) is 5.91 Å². The monoisotopic (exact) mass is 536 g/mol. The van der Waals surface area contributed by atoms with Crippen LogP contribution in [0.5, 0.6) is 0 Å². The first-order valence-electron chi connectivity index (χ1n) is 11.0. The molecule has 1 amide bonds. The number of benzene rings is 1. The Morgan fingerprint density at radius 2 is 1.94 bits per heavy atom. The number of hydrogen-bond donors (Lipinski definition) is 2. The molecule has 168 valence electrons. The van der Waals surface area contributed by atoms with Gasteiger partial charge in [-0.3, -0.25) is 14.5 Å². The number of nitrogens with one attached hydrogen (secondary N) is 2. The maximum Gasteiger partial charge on any atom is 0.225 e. The van der Waals surface area contributed by atoms with E-state index >= 15 is 0 Å². The molecule has 1 aromatic carbocycles. The van der Waals surface area contributed by atoms with Gasteiger partial charge in [0.05, 0.1) is 6.54 Å². The van der Waals surface area contributed by atoms with Crippen LogP contribution in [0.1, 0.15) is 43.2 Å². The molecule has 0 bridgehead atoms. The van der Waals surface area contributed by atoms with Gasteiger partial charge in [-0.2, -0.15) is 5.10 Å². The molecule has 1 aliphatic heterocycles. The summed E-state index contributed by atoms with van der Waals surface area (Å²) < 4.78 is 1.93. The van der Waals surface area contributed by atoms with Crippen LogP contribution < -0.4 is 10.6 Å². The second-order valence-corrected chi connectivity index (χ2v) is 8.29. The van der Waals surface area contributed by atoms with Crippen LogP contribution in [0.3, 0.4) is 0 Å². The van der Waals surface area contributed by atoms with Crippen molar-refractivity contribution < 1.29 is 4.79 Å². The van der Waals surface area contributed by atoms with Crippen molar-refractivity contribution in [1.82, 2.24) is 25.3 Å². The maximum atomic E-state index is 12.7. The molecule has 2 aromatic rings. The zero-order valence-corrected chi connectivity index (χ0v) is 20.5. The van der Waals surface area contributed by atoms with Crippen LogP contribution in [0.4, 0.5) is 0 Å². The van der Waals surface area contributed by atoms with E-state index in [4.69, 9.17) is 0 Å². The second-order valence-electron chi connectivity index (χ2n) is 8.29. The number of likely N-dealkylation sites (tertiary alicyclic amines) is 1. The number of aromatic nitrogens is 2. The van der Waals surface area contributed by atoms with Crippen LogP contribution in [-0.4, -0.2) is 52.7 Å². The van der Waals surface area contributed by atoms with Crippen molar-refractivity contribution in [1.29, 1.82) is 0 Å². The highest BCUT2D eigenvalue weighted by Gasteiger charge is 2.32. The minimum absolute atomic E-state index is 0. The maximum absolute atomic E-state index is 12.7. The van der Waals surface area contributed by atoms with Gasteiger partial charge in [0.25, 0.3) is 0 Å². The van der Waals surface area contributed by atoms with E-state index in [1.165, 1.54) is 24.0 Å². The van der Waals surface area contributed by atoms with Crippen molar-refractivity contribution in [2.24, 2.45) is 10.9 Å². The summed E-state index contributed by atoms with van der Waals surface area (Å²) in [5, 5.41) is 11.3. The molecular formula is C23H33IN6O. The first-order chi connectivity index (χ1) is 14.7. The largest absolute Gasteiger partial charge is 0.352 e. The van der Waals surface area contributed by atoms with Crippen LogP contribution in [-0.2, 0) is 17.9 Å². The smallest absolute Gasteiger partial charge is 0.225 e. The Hall–Kier alpha value is -2.10. The van der Waals surface area contributed by atoms with Gasteiger partial charge in [-0.05, 0) is 36.5 Å². The van der Waals surface area contributed by atoms with Gasteiger partial charge in [-0.25, -0.2) is 0 Å². The lowest BCUT2D eigenvalue weighted by Crippen LogP contribution is -2.45. The Morgan fingerprint density at radius 1 is 1.16 bits per heavy atom. The number of carbonyl (C=O) groups is 1. The summed E-state index contributed by atoms with van der Waals surface area (Å²) in [4.78, 5) is 19.1. The third kappa shape index (κ3) is 6.21. The first-order valence-corrected chi connectivity index (χ1v) is 11.0. The van der Waals surface area contributed by atoms with E-state index in [0.29, 0.717) is 12.5 Å². The normalized spacial score (nSPS) is 19.3. The quantitative estimate of drug-likeness (QED) is 0.338. The summed E-state index contributed by atoms with van der Waals surface area (Å²) >= 11 is 0. The molecule has 2 heterocycles. The molecule has 1 aliphatic carbocycles. The molecule has 1 unspecified atom stereocenters. The number of amides is 1. The highest BCUT2D eigenvalue weighted by atomic mass is 127. The fraction of sp³-hybridized carbons (Fsp3) is 0.522. The SMILES string of the molecule is CN=C(NCc1ccccc1Cn1cccn1)NC1CCN(C(=O)C2CCCC2)C1.I. The van der Waals surface area contributed by atoms with Crippen molar-refractivity contribution in [3.05, 3.63) is 53.9 Å². The van der Waals surface area contributed by atoms with Crippen molar-refractivity contribution >= 4 is 35.8 Å². The number of nitrogens with zero attached hydrogens (tertiary/aromatic N) is 4. The number of halogens is 1. The minimum Gasteiger partial charge on any atom is -0.352 e. The summed E-state index contributed by atoms with van der Waals surface area (Å²) in [6.07, 6.45) is 9.27. The highest BCUT2D eigenvalue weighted by molar-refractivity contribution is 14.0. The summed E-state index contributed by atoms with van der Waals surface area (Å²) in [5.74, 6) is 1.39. The van der Waals surface area contributed by atoms with Gasteiger partial charge >= 0.3 is 0 Å². The third-order valence-corrected chi connectivity index (χ3v) is 6.22. The molecule has 1 saturated carbocycles. The third-order valence-electron chi connectivity index (χ3n) is 6.22. The molecule has 4 rings (SSSR count). The molecule has 31 heavy (non-hydrogen) atoms. The van der Waals surface area contributed by atoms with Gasteiger partial charge in [-0.15, -0.1) is 24.0 Å². The fourth-order valence-electron chi connectivity index (χ4n) is 4.53. The van der Waals surface area contributed by atoms with Crippen LogP contribution >= 0.6 is 24.0 Å². The average molecular weight is 536 g/mol. The van der Waals surface area contributed by atoms with Gasteiger partial charge in [0, 0.05) is 51.0 Å². The number of carbonyl (C=O) groups excluding carboxylic acids is 1. The molecule has 0 radical (unpaired) electrons. The molecule has 2 fully saturated rings. The predicted molar refractivity (Wildman–Crippen MR) is 133 cm³/mol. The summed E-state index contributed by atoms with van der Waals surface area (Å²) in [7, 11) is 1.79. The molecule has 8 heteroatoms. The molecule has 1 atom stereocenters. The van der Waals surface area contributed by atoms with Crippen molar-refractivity contribution in [2.75, 3.05) is 20.1 Å². The summed E-state index contributed by atoms with van der Waals surface area (Å²) in [5.41, 5.74) is 2.46. The number of guanidine groups is 1. The topological polar surface area (TPSA) is 74.6 Å². The average Bonchev–Trinajstić information content (AvgIpc) is 3.54.